The number of nitrogens with zero attached hydrogens (tertiary/aromatic N) is 3. The van der Waals surface area contributed by atoms with Gasteiger partial charge in [-0.1, -0.05) is 146 Å². The number of para-hydroxylation sites is 3. The second kappa shape index (κ2) is 12.0. The number of rotatable bonds is 6. The summed E-state index contributed by atoms with van der Waals surface area (Å²) in [6, 6.07) is 65.6. The predicted molar refractivity (Wildman–Crippen MR) is 199 cm³/mol. The molecule has 3 nitrogen and oxygen atoms in total. The molecule has 0 aliphatic heterocycles. The molecule has 0 radical (unpaired) electrons. The van der Waals surface area contributed by atoms with Gasteiger partial charge in [0.2, 0.25) is 0 Å². The Morgan fingerprint density at radius 3 is 1.29 bits per heavy atom. The molecule has 0 N–H and O–H groups in total. The van der Waals surface area contributed by atoms with Crippen LogP contribution in [0.3, 0.4) is 0 Å². The van der Waals surface area contributed by atoms with E-state index in [1.165, 1.54) is 10.8 Å². The lowest BCUT2D eigenvalue weighted by molar-refractivity contribution is 1.18. The van der Waals surface area contributed by atoms with Crippen LogP contribution in [0.1, 0.15) is 11.1 Å². The van der Waals surface area contributed by atoms with Gasteiger partial charge in [-0.2, -0.15) is 10.5 Å². The average Bonchev–Trinajstić information content (AvgIpc) is 3.50. The molecule has 0 spiro atoms. The Balaban J connectivity index is 1.45. The quantitative estimate of drug-likeness (QED) is 0.141. The third kappa shape index (κ3) is 4.48. The van der Waals surface area contributed by atoms with Crippen LogP contribution in [0.2, 0.25) is 0 Å². The van der Waals surface area contributed by atoms with Crippen LogP contribution in [0, 0.1) is 22.7 Å². The fraction of sp³-hybridized carbons (Fsp3) is 0. The van der Waals surface area contributed by atoms with Gasteiger partial charge in [0, 0.05) is 16.3 Å². The Bertz CT molecular complexity index is 2340. The van der Waals surface area contributed by atoms with Gasteiger partial charge in [-0.05, 0) is 56.6 Å². The number of benzene rings is 7. The van der Waals surface area contributed by atoms with Crippen molar-refractivity contribution in [2.75, 3.05) is 0 Å². The summed E-state index contributed by atoms with van der Waals surface area (Å²) in [6.45, 7) is 0. The highest BCUT2D eigenvalue weighted by atomic mass is 28.3. The second-order valence-corrected chi connectivity index (χ2v) is 15.6. The van der Waals surface area contributed by atoms with E-state index in [0.717, 1.165) is 48.6 Å². The molecule has 0 atom stereocenters. The van der Waals surface area contributed by atoms with E-state index < -0.39 is 8.07 Å². The molecule has 0 saturated carbocycles. The SMILES string of the molecule is N#Cc1cc(-c2ccccc2-n2c3ccccc3c3ccccc32)cc(C#N)c1[Si](c1ccccc1)(c1ccccc1)c1ccccc1. The van der Waals surface area contributed by atoms with Gasteiger partial charge in [0.1, 0.15) is 0 Å². The van der Waals surface area contributed by atoms with Gasteiger partial charge in [-0.15, -0.1) is 0 Å². The summed E-state index contributed by atoms with van der Waals surface area (Å²) in [4.78, 5) is 0. The second-order valence-electron chi connectivity index (χ2n) is 11.9. The van der Waals surface area contributed by atoms with E-state index in [1.807, 2.05) is 42.5 Å². The van der Waals surface area contributed by atoms with E-state index >= 15 is 0 Å². The molecule has 8 aromatic rings. The standard InChI is InChI=1S/C44H29N3Si/c45-30-33-28-32(38-22-10-13-25-41(38)47-42-26-14-11-23-39(42)40-24-12-15-27-43(40)47)29-34(31-46)44(33)48(35-16-4-1-5-17-35,36-18-6-2-7-19-36)37-20-8-3-9-21-37/h1-29H. The Kier molecular flexibility index (Phi) is 7.27. The first kappa shape index (κ1) is 29.0. The number of hydrogen-bond donors (Lipinski definition) is 0. The lowest BCUT2D eigenvalue weighted by Crippen LogP contribution is -2.75. The van der Waals surface area contributed by atoms with Crippen molar-refractivity contribution >= 4 is 50.6 Å². The number of hydrogen-bond acceptors (Lipinski definition) is 2. The molecular formula is C44H29N3Si. The molecule has 0 aliphatic carbocycles. The van der Waals surface area contributed by atoms with Gasteiger partial charge in [-0.25, -0.2) is 0 Å². The smallest absolute Gasteiger partial charge is 0.182 e. The van der Waals surface area contributed by atoms with Crippen molar-refractivity contribution in [3.8, 4) is 29.0 Å². The average molecular weight is 628 g/mol. The third-order valence-electron chi connectivity index (χ3n) is 9.41. The first-order valence-corrected chi connectivity index (χ1v) is 18.0. The number of fused-ring (bicyclic) bond motifs is 3. The maximum atomic E-state index is 11.0. The van der Waals surface area contributed by atoms with Crippen LogP contribution in [-0.4, -0.2) is 12.6 Å². The third-order valence-corrected chi connectivity index (χ3v) is 14.3. The van der Waals surface area contributed by atoms with Crippen molar-refractivity contribution in [3.05, 3.63) is 187 Å². The van der Waals surface area contributed by atoms with Gasteiger partial charge in [0.05, 0.1) is 40.0 Å². The van der Waals surface area contributed by atoms with Gasteiger partial charge >= 0.3 is 0 Å². The van der Waals surface area contributed by atoms with Crippen LogP contribution in [0.5, 0.6) is 0 Å². The van der Waals surface area contributed by atoms with Crippen molar-refractivity contribution in [2.24, 2.45) is 0 Å². The molecule has 0 saturated heterocycles. The van der Waals surface area contributed by atoms with E-state index in [0.29, 0.717) is 11.1 Å². The van der Waals surface area contributed by atoms with Crippen LogP contribution in [0.15, 0.2) is 176 Å². The van der Waals surface area contributed by atoms with Gasteiger partial charge in [-0.3, -0.25) is 0 Å². The highest BCUT2D eigenvalue weighted by Gasteiger charge is 2.45. The monoisotopic (exact) mass is 627 g/mol. The van der Waals surface area contributed by atoms with Crippen molar-refractivity contribution in [2.45, 2.75) is 0 Å². The normalized spacial score (nSPS) is 11.3. The maximum Gasteiger partial charge on any atom is 0.182 e. The van der Waals surface area contributed by atoms with Crippen LogP contribution in [0.25, 0.3) is 38.6 Å². The van der Waals surface area contributed by atoms with E-state index in [1.54, 1.807) is 0 Å². The molecule has 0 amide bonds. The van der Waals surface area contributed by atoms with Crippen LogP contribution in [-0.2, 0) is 0 Å². The Morgan fingerprint density at radius 2 is 0.833 bits per heavy atom. The Labute approximate surface area is 280 Å². The number of aromatic nitrogens is 1. The lowest BCUT2D eigenvalue weighted by Gasteiger charge is -2.35. The molecule has 0 aliphatic rings. The molecular weight excluding hydrogens is 599 g/mol. The highest BCUT2D eigenvalue weighted by Crippen LogP contribution is 2.36. The summed E-state index contributed by atoms with van der Waals surface area (Å²) in [5.41, 5.74) is 6.03. The fourth-order valence-corrected chi connectivity index (χ4v) is 12.5. The molecule has 0 bridgehead atoms. The molecule has 1 heterocycles. The summed E-state index contributed by atoms with van der Waals surface area (Å²) in [7, 11) is -3.14. The van der Waals surface area contributed by atoms with E-state index in [9.17, 15) is 10.5 Å². The zero-order valence-electron chi connectivity index (χ0n) is 26.1. The van der Waals surface area contributed by atoms with Crippen molar-refractivity contribution in [1.29, 1.82) is 10.5 Å². The number of nitriles is 2. The first-order chi connectivity index (χ1) is 23.8. The first-order valence-electron chi connectivity index (χ1n) is 16.0. The van der Waals surface area contributed by atoms with Crippen LogP contribution < -0.4 is 20.7 Å². The molecule has 1 aromatic heterocycles. The van der Waals surface area contributed by atoms with Crippen molar-refractivity contribution in [3.63, 3.8) is 0 Å². The van der Waals surface area contributed by atoms with Crippen LogP contribution in [0.4, 0.5) is 0 Å². The van der Waals surface area contributed by atoms with Crippen LogP contribution >= 0.6 is 0 Å². The zero-order chi connectivity index (χ0) is 32.5. The molecule has 48 heavy (non-hydrogen) atoms. The molecule has 0 unspecified atom stereocenters. The topological polar surface area (TPSA) is 52.5 Å². The minimum absolute atomic E-state index is 0.518. The minimum Gasteiger partial charge on any atom is -0.309 e. The van der Waals surface area contributed by atoms with Gasteiger partial charge in [0.25, 0.3) is 0 Å². The molecule has 224 valence electrons. The van der Waals surface area contributed by atoms with Gasteiger partial charge < -0.3 is 4.57 Å². The largest absolute Gasteiger partial charge is 0.309 e. The summed E-state index contributed by atoms with van der Waals surface area (Å²) in [5.74, 6) is 0. The van der Waals surface area contributed by atoms with E-state index in [4.69, 9.17) is 0 Å². The summed E-state index contributed by atoms with van der Waals surface area (Å²) < 4.78 is 2.29. The molecule has 8 rings (SSSR count). The Hall–Kier alpha value is -6.46. The maximum absolute atomic E-state index is 11.0. The van der Waals surface area contributed by atoms with E-state index in [2.05, 4.69) is 150 Å². The molecule has 0 fully saturated rings. The van der Waals surface area contributed by atoms with Gasteiger partial charge in [0.15, 0.2) is 8.07 Å². The minimum atomic E-state index is -3.14. The summed E-state index contributed by atoms with van der Waals surface area (Å²) in [6.07, 6.45) is 0. The summed E-state index contributed by atoms with van der Waals surface area (Å²) in [5, 5.41) is 28.5. The van der Waals surface area contributed by atoms with Crippen molar-refractivity contribution in [1.82, 2.24) is 4.57 Å². The predicted octanol–water partition coefficient (Wildman–Crippen LogP) is 7.57. The summed E-state index contributed by atoms with van der Waals surface area (Å²) >= 11 is 0. The Morgan fingerprint density at radius 1 is 0.438 bits per heavy atom. The fourth-order valence-electron chi connectivity index (χ4n) is 7.47. The molecule has 4 heteroatoms. The lowest BCUT2D eigenvalue weighted by atomic mass is 9.98. The van der Waals surface area contributed by atoms with E-state index in [-0.39, 0.29) is 0 Å². The highest BCUT2D eigenvalue weighted by molar-refractivity contribution is 7.20. The zero-order valence-corrected chi connectivity index (χ0v) is 27.1. The van der Waals surface area contributed by atoms with Crippen molar-refractivity contribution < 1.29 is 0 Å². The molecule has 7 aromatic carbocycles.